The van der Waals surface area contributed by atoms with Gasteiger partial charge in [0.15, 0.2) is 17.3 Å². The third-order valence-corrected chi connectivity index (χ3v) is 2.73. The van der Waals surface area contributed by atoms with E-state index in [1.807, 2.05) is 5.32 Å². The number of ether oxygens (including phenoxy) is 2. The van der Waals surface area contributed by atoms with E-state index in [9.17, 15) is 15.0 Å². The molecule has 21 heavy (non-hydrogen) atoms. The average molecular weight is 295 g/mol. The number of rotatable bonds is 4. The van der Waals surface area contributed by atoms with E-state index in [1.54, 1.807) is 18.2 Å². The van der Waals surface area contributed by atoms with Crippen LogP contribution in [0.1, 0.15) is 0 Å². The second-order valence-electron chi connectivity index (χ2n) is 3.93. The van der Waals surface area contributed by atoms with Crippen molar-refractivity contribution in [3.63, 3.8) is 0 Å². The van der Waals surface area contributed by atoms with Crippen molar-refractivity contribution in [3.05, 3.63) is 18.2 Å². The summed E-state index contributed by atoms with van der Waals surface area (Å²) in [4.78, 5) is 10.6. The van der Waals surface area contributed by atoms with E-state index in [4.69, 9.17) is 19.0 Å². The molecule has 1 aromatic carbocycles. The summed E-state index contributed by atoms with van der Waals surface area (Å²) in [6.45, 7) is 0. The van der Waals surface area contributed by atoms with E-state index in [-0.39, 0.29) is 11.5 Å². The monoisotopic (exact) mass is 295 g/mol. The van der Waals surface area contributed by atoms with E-state index < -0.39 is 23.5 Å². The molecule has 0 bridgehead atoms. The second-order valence-corrected chi connectivity index (χ2v) is 3.93. The molecule has 1 heterocycles. The maximum atomic E-state index is 10.6. The molecule has 0 atom stereocenters. The molecule has 4 N–H and O–H groups in total. The zero-order valence-electron chi connectivity index (χ0n) is 11.2. The molecule has 0 spiro atoms. The molecule has 0 saturated heterocycles. The summed E-state index contributed by atoms with van der Waals surface area (Å²) < 4.78 is 15.5. The number of aromatic hydroxyl groups is 2. The van der Waals surface area contributed by atoms with Gasteiger partial charge in [-0.15, -0.1) is 0 Å². The minimum Gasteiger partial charge on any atom is -0.502 e. The van der Waals surface area contributed by atoms with Crippen molar-refractivity contribution < 1.29 is 34.0 Å². The largest absolute Gasteiger partial charge is 0.502 e. The summed E-state index contributed by atoms with van der Waals surface area (Å²) in [5.41, 5.74) is 0.295. The number of carbonyl (C=O) groups is 1. The van der Waals surface area contributed by atoms with Crippen LogP contribution in [0.25, 0.3) is 11.3 Å². The lowest BCUT2D eigenvalue weighted by Gasteiger charge is -2.10. The highest BCUT2D eigenvalue weighted by molar-refractivity contribution is 5.87. The third kappa shape index (κ3) is 2.50. The van der Waals surface area contributed by atoms with Crippen LogP contribution in [0.5, 0.6) is 23.0 Å². The zero-order chi connectivity index (χ0) is 15.6. The van der Waals surface area contributed by atoms with Gasteiger partial charge >= 0.3 is 6.09 Å². The van der Waals surface area contributed by atoms with Gasteiger partial charge in [-0.3, -0.25) is 5.32 Å². The molecule has 1 aromatic heterocycles. The molecule has 0 aliphatic rings. The van der Waals surface area contributed by atoms with Crippen molar-refractivity contribution in [2.24, 2.45) is 0 Å². The van der Waals surface area contributed by atoms with Crippen LogP contribution >= 0.6 is 0 Å². The lowest BCUT2D eigenvalue weighted by Crippen LogP contribution is -2.06. The average Bonchev–Trinajstić information content (AvgIpc) is 2.74. The first kappa shape index (κ1) is 14.4. The Hall–Kier alpha value is -3.03. The Morgan fingerprint density at radius 1 is 1.19 bits per heavy atom. The SMILES string of the molecule is COc1cccc(-c2oc(NC(=O)O)c(O)c2O)c1OC. The molecule has 2 aromatic rings. The minimum absolute atomic E-state index is 0.146. The molecule has 112 valence electrons. The second kappa shape index (κ2) is 5.53. The fraction of sp³-hybridized carbons (Fsp3) is 0.154. The van der Waals surface area contributed by atoms with Gasteiger partial charge in [0, 0.05) is 0 Å². The summed E-state index contributed by atoms with van der Waals surface area (Å²) in [6, 6.07) is 4.82. The van der Waals surface area contributed by atoms with Crippen LogP contribution in [-0.2, 0) is 0 Å². The van der Waals surface area contributed by atoms with Crippen molar-refractivity contribution in [2.75, 3.05) is 19.5 Å². The normalized spacial score (nSPS) is 10.2. The topological polar surface area (TPSA) is 121 Å². The zero-order valence-corrected chi connectivity index (χ0v) is 11.2. The number of carboxylic acid groups (broad SMARTS) is 1. The Kier molecular flexibility index (Phi) is 3.79. The van der Waals surface area contributed by atoms with E-state index >= 15 is 0 Å². The van der Waals surface area contributed by atoms with Crippen molar-refractivity contribution >= 4 is 12.0 Å². The number of hydrogen-bond acceptors (Lipinski definition) is 6. The maximum absolute atomic E-state index is 10.6. The smallest absolute Gasteiger partial charge is 0.411 e. The highest BCUT2D eigenvalue weighted by Gasteiger charge is 2.25. The summed E-state index contributed by atoms with van der Waals surface area (Å²) in [7, 11) is 2.84. The van der Waals surface area contributed by atoms with Crippen molar-refractivity contribution in [1.29, 1.82) is 0 Å². The quantitative estimate of drug-likeness (QED) is 0.683. The number of nitrogens with one attached hydrogen (secondary N) is 1. The van der Waals surface area contributed by atoms with Gasteiger partial charge in [-0.2, -0.15) is 0 Å². The van der Waals surface area contributed by atoms with Crippen LogP contribution in [0.2, 0.25) is 0 Å². The van der Waals surface area contributed by atoms with Crippen LogP contribution in [0.3, 0.4) is 0 Å². The first-order valence-electron chi connectivity index (χ1n) is 5.75. The standard InChI is InChI=1S/C13H13NO7/c1-19-7-5-3-4-6(10(7)20-2)11-8(15)9(16)12(21-11)14-13(17)18/h3-5,14-16H,1-2H3,(H,17,18). The minimum atomic E-state index is -1.44. The number of methoxy groups -OCH3 is 2. The molecule has 0 saturated carbocycles. The highest BCUT2D eigenvalue weighted by Crippen LogP contribution is 2.49. The molecule has 0 aliphatic heterocycles. The Morgan fingerprint density at radius 3 is 2.48 bits per heavy atom. The molecule has 0 aliphatic carbocycles. The molecule has 0 radical (unpaired) electrons. The van der Waals surface area contributed by atoms with E-state index in [1.165, 1.54) is 14.2 Å². The predicted octanol–water partition coefficient (Wildman–Crippen LogP) is 2.46. The third-order valence-electron chi connectivity index (χ3n) is 2.73. The Morgan fingerprint density at radius 2 is 1.90 bits per heavy atom. The molecule has 1 amide bonds. The highest BCUT2D eigenvalue weighted by atomic mass is 16.5. The van der Waals surface area contributed by atoms with Crippen LogP contribution in [-0.4, -0.2) is 35.6 Å². The van der Waals surface area contributed by atoms with Gasteiger partial charge in [-0.25, -0.2) is 4.79 Å². The number of furan rings is 1. The van der Waals surface area contributed by atoms with Crippen molar-refractivity contribution in [1.82, 2.24) is 0 Å². The van der Waals surface area contributed by atoms with Crippen LogP contribution in [0, 0.1) is 0 Å². The lowest BCUT2D eigenvalue weighted by atomic mass is 10.1. The fourth-order valence-corrected chi connectivity index (χ4v) is 1.84. The van der Waals surface area contributed by atoms with Gasteiger partial charge in [0.1, 0.15) is 0 Å². The van der Waals surface area contributed by atoms with Crippen LogP contribution < -0.4 is 14.8 Å². The van der Waals surface area contributed by atoms with Gasteiger partial charge in [0.2, 0.25) is 17.4 Å². The first-order chi connectivity index (χ1) is 9.99. The molecule has 0 unspecified atom stereocenters. The molecular formula is C13H13NO7. The molecule has 8 heteroatoms. The lowest BCUT2D eigenvalue weighted by molar-refractivity contribution is 0.209. The summed E-state index contributed by atoms with van der Waals surface area (Å²) >= 11 is 0. The summed E-state index contributed by atoms with van der Waals surface area (Å²) in [5.74, 6) is -1.29. The summed E-state index contributed by atoms with van der Waals surface area (Å²) in [5, 5.41) is 30.0. The predicted molar refractivity (Wildman–Crippen MR) is 72.2 cm³/mol. The Labute approximate surface area is 119 Å². The van der Waals surface area contributed by atoms with Gasteiger partial charge in [0.05, 0.1) is 19.8 Å². The Bertz CT molecular complexity index is 677. The first-order valence-corrected chi connectivity index (χ1v) is 5.75. The number of amides is 1. The number of benzene rings is 1. The Balaban J connectivity index is 2.60. The van der Waals surface area contributed by atoms with E-state index in [0.717, 1.165) is 0 Å². The van der Waals surface area contributed by atoms with Crippen molar-refractivity contribution in [2.45, 2.75) is 0 Å². The van der Waals surface area contributed by atoms with Gasteiger partial charge < -0.3 is 29.2 Å². The summed E-state index contributed by atoms with van der Waals surface area (Å²) in [6.07, 6.45) is -1.44. The molecule has 2 rings (SSSR count). The van der Waals surface area contributed by atoms with Gasteiger partial charge in [-0.05, 0) is 12.1 Å². The molecule has 8 nitrogen and oxygen atoms in total. The molecular weight excluding hydrogens is 282 g/mol. The van der Waals surface area contributed by atoms with Gasteiger partial charge in [0.25, 0.3) is 0 Å². The van der Waals surface area contributed by atoms with Gasteiger partial charge in [-0.1, -0.05) is 6.07 Å². The number of anilines is 1. The molecule has 0 fully saturated rings. The van der Waals surface area contributed by atoms with Crippen LogP contribution in [0.15, 0.2) is 22.6 Å². The maximum Gasteiger partial charge on any atom is 0.411 e. The number of hydrogen-bond donors (Lipinski definition) is 4. The van der Waals surface area contributed by atoms with Crippen LogP contribution in [0.4, 0.5) is 10.7 Å². The van der Waals surface area contributed by atoms with Crippen molar-refractivity contribution in [3.8, 4) is 34.3 Å². The van der Waals surface area contributed by atoms with E-state index in [0.29, 0.717) is 11.3 Å². The fourth-order valence-electron chi connectivity index (χ4n) is 1.84. The number of para-hydroxylation sites is 1. The van der Waals surface area contributed by atoms with E-state index in [2.05, 4.69) is 0 Å².